The van der Waals surface area contributed by atoms with Gasteiger partial charge in [0.05, 0.1) is 31.1 Å². The largest absolute Gasteiger partial charge is 0.465 e. The maximum absolute atomic E-state index is 13.2. The number of hydrogen-bond donors (Lipinski definition) is 0. The van der Waals surface area contributed by atoms with E-state index in [1.165, 1.54) is 19.2 Å². The van der Waals surface area contributed by atoms with Crippen molar-refractivity contribution < 1.29 is 28.2 Å². The molecule has 1 fully saturated rings. The Hall–Kier alpha value is -1.70. The topological polar surface area (TPSA) is 66.4 Å². The van der Waals surface area contributed by atoms with Crippen molar-refractivity contribution in [3.8, 4) is 0 Å². The minimum Gasteiger partial charge on any atom is -0.465 e. The van der Waals surface area contributed by atoms with Crippen molar-refractivity contribution in [1.82, 2.24) is 0 Å². The third-order valence-electron chi connectivity index (χ3n) is 4.38. The van der Waals surface area contributed by atoms with Crippen LogP contribution in [0.2, 0.25) is 5.02 Å². The van der Waals surface area contributed by atoms with E-state index in [0.717, 1.165) is 19.3 Å². The summed E-state index contributed by atoms with van der Waals surface area (Å²) >= 11 is 5.76. The van der Waals surface area contributed by atoms with Crippen molar-refractivity contribution in [1.29, 1.82) is 0 Å². The van der Waals surface area contributed by atoms with Crippen LogP contribution in [0.1, 0.15) is 38.7 Å². The average Bonchev–Trinajstić information content (AvgIpc) is 2.67. The zero-order valence-corrected chi connectivity index (χ0v) is 16.6. The number of carbonyl (C=O) groups is 1. The van der Waals surface area contributed by atoms with Gasteiger partial charge in [-0.3, -0.25) is 0 Å². The van der Waals surface area contributed by atoms with Crippen molar-refractivity contribution >= 4 is 23.3 Å². The summed E-state index contributed by atoms with van der Waals surface area (Å²) in [6.45, 7) is 4.72. The fraction of sp³-hybridized carbons (Fsp3) is 0.579. The molecule has 0 N–H and O–H groups in total. The Balaban J connectivity index is 1.64. The number of oxime groups is 1. The number of nitrogens with zero attached hydrogens (tertiary/aromatic N) is 1. The minimum absolute atomic E-state index is 0.0577. The molecule has 1 heterocycles. The minimum atomic E-state index is -1.30. The molecule has 1 aliphatic heterocycles. The summed E-state index contributed by atoms with van der Waals surface area (Å²) in [4.78, 5) is 16.9. The van der Waals surface area contributed by atoms with Gasteiger partial charge in [0.1, 0.15) is 12.4 Å². The van der Waals surface area contributed by atoms with Gasteiger partial charge in [-0.25, -0.2) is 9.18 Å². The van der Waals surface area contributed by atoms with Gasteiger partial charge >= 0.3 is 5.97 Å². The van der Waals surface area contributed by atoms with Gasteiger partial charge in [-0.05, 0) is 38.3 Å². The number of unbranched alkanes of at least 4 members (excludes halogenated alkanes) is 1. The molecule has 27 heavy (non-hydrogen) atoms. The Kier molecular flexibility index (Phi) is 8.01. The van der Waals surface area contributed by atoms with Crippen LogP contribution >= 0.6 is 11.6 Å². The smallest absolute Gasteiger partial charge is 0.366 e. The molecule has 0 saturated carbocycles. The van der Waals surface area contributed by atoms with E-state index in [0.29, 0.717) is 31.1 Å². The molecular weight excluding hydrogens is 377 g/mol. The van der Waals surface area contributed by atoms with Crippen molar-refractivity contribution in [2.45, 2.75) is 38.9 Å². The molecule has 2 rings (SSSR count). The third-order valence-corrected chi connectivity index (χ3v) is 4.67. The van der Waals surface area contributed by atoms with Gasteiger partial charge in [-0.2, -0.15) is 0 Å². The zero-order chi connectivity index (χ0) is 19.9. The molecule has 6 nitrogen and oxygen atoms in total. The standard InChI is InChI=1S/C19H25ClFNO5/c1-13(15-7-8-17(21)16(20)10-15)22-27-9-5-4-6-14-11-25-19(2,26-12-14)18(23)24-3/h7-8,10,14H,4-6,9,11-12H2,1-3H3/b22-13-. The van der Waals surface area contributed by atoms with Crippen molar-refractivity contribution in [2.24, 2.45) is 11.1 Å². The molecule has 1 aliphatic rings. The molecular formula is C19H25ClFNO5. The molecule has 8 heteroatoms. The number of rotatable bonds is 8. The summed E-state index contributed by atoms with van der Waals surface area (Å²) in [5.74, 6) is -2.06. The molecule has 0 amide bonds. The van der Waals surface area contributed by atoms with Crippen LogP contribution in [0, 0.1) is 11.7 Å². The lowest BCUT2D eigenvalue weighted by Crippen LogP contribution is -2.48. The van der Waals surface area contributed by atoms with Crippen LogP contribution in [0.4, 0.5) is 4.39 Å². The van der Waals surface area contributed by atoms with E-state index in [-0.39, 0.29) is 10.9 Å². The molecule has 1 saturated heterocycles. The summed E-state index contributed by atoms with van der Waals surface area (Å²) in [5, 5.41) is 4.09. The van der Waals surface area contributed by atoms with Crippen LogP contribution in [0.15, 0.2) is 23.4 Å². The molecule has 0 bridgehead atoms. The lowest BCUT2D eigenvalue weighted by Gasteiger charge is -2.35. The van der Waals surface area contributed by atoms with E-state index in [2.05, 4.69) is 9.89 Å². The van der Waals surface area contributed by atoms with Crippen molar-refractivity contribution in [3.05, 3.63) is 34.6 Å². The molecule has 0 aliphatic carbocycles. The van der Waals surface area contributed by atoms with E-state index in [9.17, 15) is 9.18 Å². The Bertz CT molecular complexity index is 674. The number of esters is 1. The van der Waals surface area contributed by atoms with E-state index in [1.54, 1.807) is 19.9 Å². The number of benzene rings is 1. The predicted octanol–water partition coefficient (Wildman–Crippen LogP) is 3.94. The average molecular weight is 402 g/mol. The summed E-state index contributed by atoms with van der Waals surface area (Å²) in [5.41, 5.74) is 1.35. The highest BCUT2D eigenvalue weighted by Crippen LogP contribution is 2.25. The molecule has 0 spiro atoms. The van der Waals surface area contributed by atoms with Gasteiger partial charge < -0.3 is 19.0 Å². The van der Waals surface area contributed by atoms with Crippen molar-refractivity contribution in [3.63, 3.8) is 0 Å². The molecule has 0 unspecified atom stereocenters. The van der Waals surface area contributed by atoms with Crippen LogP contribution in [0.3, 0.4) is 0 Å². The first-order valence-corrected chi connectivity index (χ1v) is 9.22. The Morgan fingerprint density at radius 2 is 2.07 bits per heavy atom. The Morgan fingerprint density at radius 3 is 2.70 bits per heavy atom. The first-order valence-electron chi connectivity index (χ1n) is 8.84. The number of carbonyl (C=O) groups excluding carboxylic acids is 1. The lowest BCUT2D eigenvalue weighted by atomic mass is 10.0. The highest BCUT2D eigenvalue weighted by atomic mass is 35.5. The molecule has 1 aromatic rings. The number of halogens is 2. The second-order valence-electron chi connectivity index (χ2n) is 6.56. The van der Waals surface area contributed by atoms with Gasteiger partial charge in [0.2, 0.25) is 0 Å². The first kappa shape index (κ1) is 21.6. The van der Waals surface area contributed by atoms with Crippen LogP contribution in [0.5, 0.6) is 0 Å². The molecule has 150 valence electrons. The van der Waals surface area contributed by atoms with Crippen molar-refractivity contribution in [2.75, 3.05) is 26.9 Å². The molecule has 0 radical (unpaired) electrons. The normalized spacial score (nSPS) is 23.1. The fourth-order valence-electron chi connectivity index (χ4n) is 2.63. The first-order chi connectivity index (χ1) is 12.9. The monoisotopic (exact) mass is 401 g/mol. The number of ether oxygens (including phenoxy) is 3. The van der Waals surface area contributed by atoms with E-state index >= 15 is 0 Å². The Labute approximate surface area is 163 Å². The lowest BCUT2D eigenvalue weighted by molar-refractivity contribution is -0.272. The van der Waals surface area contributed by atoms with Gasteiger partial charge in [0.15, 0.2) is 0 Å². The van der Waals surface area contributed by atoms with Crippen LogP contribution in [0.25, 0.3) is 0 Å². The summed E-state index contributed by atoms with van der Waals surface area (Å²) < 4.78 is 28.9. The molecule has 1 aromatic carbocycles. The maximum atomic E-state index is 13.2. The Morgan fingerprint density at radius 1 is 1.37 bits per heavy atom. The summed E-state index contributed by atoms with van der Waals surface area (Å²) in [6.07, 6.45) is 2.64. The molecule has 0 atom stereocenters. The van der Waals surface area contributed by atoms with E-state index in [4.69, 9.17) is 25.9 Å². The van der Waals surface area contributed by atoms with E-state index < -0.39 is 17.6 Å². The highest BCUT2D eigenvalue weighted by molar-refractivity contribution is 6.31. The second kappa shape index (κ2) is 10.0. The quantitative estimate of drug-likeness (QED) is 0.285. The maximum Gasteiger partial charge on any atom is 0.366 e. The van der Waals surface area contributed by atoms with Gasteiger partial charge in [0.25, 0.3) is 5.79 Å². The SMILES string of the molecule is COC(=O)C1(C)OCC(CCCCO/N=C(/C)c2ccc(F)c(Cl)c2)CO1. The van der Waals surface area contributed by atoms with E-state index in [1.807, 2.05) is 0 Å². The predicted molar refractivity (Wildman–Crippen MR) is 99.2 cm³/mol. The zero-order valence-electron chi connectivity index (χ0n) is 15.8. The summed E-state index contributed by atoms with van der Waals surface area (Å²) in [6, 6.07) is 4.43. The van der Waals surface area contributed by atoms with Crippen LogP contribution in [-0.4, -0.2) is 44.4 Å². The second-order valence-corrected chi connectivity index (χ2v) is 6.97. The summed E-state index contributed by atoms with van der Waals surface area (Å²) in [7, 11) is 1.31. The number of methoxy groups -OCH3 is 1. The number of hydrogen-bond acceptors (Lipinski definition) is 6. The van der Waals surface area contributed by atoms with Gasteiger partial charge in [0, 0.05) is 18.4 Å². The third kappa shape index (κ3) is 6.16. The van der Waals surface area contributed by atoms with Crippen LogP contribution in [-0.2, 0) is 23.8 Å². The highest BCUT2D eigenvalue weighted by Gasteiger charge is 2.41. The van der Waals surface area contributed by atoms with Gasteiger partial charge in [-0.1, -0.05) is 22.8 Å². The van der Waals surface area contributed by atoms with Gasteiger partial charge in [-0.15, -0.1) is 0 Å². The van der Waals surface area contributed by atoms with Crippen LogP contribution < -0.4 is 0 Å². The fourth-order valence-corrected chi connectivity index (χ4v) is 2.81. The molecule has 0 aromatic heterocycles.